The first-order chi connectivity index (χ1) is 14.4. The number of carbonyl (C=O) groups excluding carboxylic acids is 3. The third-order valence-corrected chi connectivity index (χ3v) is 6.14. The van der Waals surface area contributed by atoms with Gasteiger partial charge in [0.25, 0.3) is 0 Å². The summed E-state index contributed by atoms with van der Waals surface area (Å²) in [6.07, 6.45) is 2.88. The predicted octanol–water partition coefficient (Wildman–Crippen LogP) is 4.15. The highest BCUT2D eigenvalue weighted by atomic mass is 32.1. The van der Waals surface area contributed by atoms with Gasteiger partial charge in [0.1, 0.15) is 0 Å². The zero-order chi connectivity index (χ0) is 21.5. The van der Waals surface area contributed by atoms with Crippen molar-refractivity contribution >= 4 is 40.3 Å². The molecule has 1 fully saturated rings. The first kappa shape index (κ1) is 22.0. The number of nitrogens with zero attached hydrogens (tertiary/aromatic N) is 1. The Morgan fingerprint density at radius 2 is 1.83 bits per heavy atom. The lowest BCUT2D eigenvalue weighted by atomic mass is 10.1. The van der Waals surface area contributed by atoms with E-state index in [9.17, 15) is 14.4 Å². The molecular formula is C23H29N3O3S. The van der Waals surface area contributed by atoms with Crippen LogP contribution in [0.4, 0.5) is 11.4 Å². The molecule has 1 aliphatic heterocycles. The van der Waals surface area contributed by atoms with Gasteiger partial charge in [-0.1, -0.05) is 6.07 Å². The molecule has 1 atom stereocenters. The maximum atomic E-state index is 12.4. The van der Waals surface area contributed by atoms with Crippen LogP contribution in [0.15, 0.2) is 36.4 Å². The molecule has 2 N–H and O–H groups in total. The Morgan fingerprint density at radius 1 is 1.07 bits per heavy atom. The zero-order valence-corrected chi connectivity index (χ0v) is 18.4. The summed E-state index contributed by atoms with van der Waals surface area (Å²) in [5.41, 5.74) is 1.89. The average Bonchev–Trinajstić information content (AvgIpc) is 3.38. The van der Waals surface area contributed by atoms with Gasteiger partial charge in [0.15, 0.2) is 5.78 Å². The lowest BCUT2D eigenvalue weighted by Crippen LogP contribution is -2.35. The number of anilines is 2. The molecule has 160 valence electrons. The molecule has 0 saturated carbocycles. The minimum absolute atomic E-state index is 0.0217. The Kier molecular flexibility index (Phi) is 7.63. The van der Waals surface area contributed by atoms with Crippen LogP contribution in [0, 0.1) is 6.92 Å². The van der Waals surface area contributed by atoms with Gasteiger partial charge in [-0.15, -0.1) is 11.3 Å². The number of nitrogens with one attached hydrogen (secondary N) is 2. The minimum atomic E-state index is -0.307. The van der Waals surface area contributed by atoms with Gasteiger partial charge in [-0.2, -0.15) is 0 Å². The number of Topliss-reactive ketones (excluding diaryl/α,β-unsaturated/α-hetero) is 1. The summed E-state index contributed by atoms with van der Waals surface area (Å²) in [7, 11) is 0. The van der Waals surface area contributed by atoms with Crippen molar-refractivity contribution in [3.05, 3.63) is 46.2 Å². The summed E-state index contributed by atoms with van der Waals surface area (Å²) < 4.78 is 0. The molecule has 3 rings (SSSR count). The Balaban J connectivity index is 1.41. The number of benzene rings is 1. The molecular weight excluding hydrogens is 398 g/mol. The molecule has 0 aliphatic carbocycles. The lowest BCUT2D eigenvalue weighted by molar-refractivity contribution is -0.122. The molecule has 1 aromatic carbocycles. The second-order valence-electron chi connectivity index (χ2n) is 7.80. The van der Waals surface area contributed by atoms with E-state index in [1.165, 1.54) is 24.2 Å². The Labute approximate surface area is 181 Å². The number of ketones is 1. The fraction of sp³-hybridized carbons (Fsp3) is 0.435. The number of thiophene rings is 1. The number of carbonyl (C=O) groups is 3. The number of hydrogen-bond donors (Lipinski definition) is 2. The number of amides is 2. The van der Waals surface area contributed by atoms with E-state index < -0.39 is 0 Å². The quantitative estimate of drug-likeness (QED) is 0.589. The summed E-state index contributed by atoms with van der Waals surface area (Å²) in [5.74, 6) is -0.383. The van der Waals surface area contributed by atoms with Crippen molar-refractivity contribution in [3.63, 3.8) is 0 Å². The highest BCUT2D eigenvalue weighted by molar-refractivity contribution is 7.14. The molecule has 1 unspecified atom stereocenters. The van der Waals surface area contributed by atoms with E-state index in [2.05, 4.69) is 21.6 Å². The fourth-order valence-corrected chi connectivity index (χ4v) is 4.41. The standard InChI is InChI=1S/C23H29N3O3S/c1-16(24-22(28)11-9-20(27)21-10-8-17(2)30-21)14-23(29)25-18-6-5-7-19(15-18)26-12-3-4-13-26/h5-8,10,15-16H,3-4,9,11-14H2,1-2H3,(H,24,28)(H,25,29). The molecule has 30 heavy (non-hydrogen) atoms. The molecule has 2 amide bonds. The van der Waals surface area contributed by atoms with E-state index in [4.69, 9.17) is 0 Å². The fourth-order valence-electron chi connectivity index (χ4n) is 3.58. The van der Waals surface area contributed by atoms with Gasteiger partial charge in [-0.05, 0) is 57.0 Å². The zero-order valence-electron chi connectivity index (χ0n) is 17.6. The van der Waals surface area contributed by atoms with Gasteiger partial charge in [0, 0.05) is 54.6 Å². The second kappa shape index (κ2) is 10.4. The molecule has 1 saturated heterocycles. The van der Waals surface area contributed by atoms with Crippen molar-refractivity contribution < 1.29 is 14.4 Å². The van der Waals surface area contributed by atoms with Crippen molar-refractivity contribution in [3.8, 4) is 0 Å². The van der Waals surface area contributed by atoms with Crippen molar-refractivity contribution in [2.24, 2.45) is 0 Å². The summed E-state index contributed by atoms with van der Waals surface area (Å²) in [4.78, 5) is 40.7. The van der Waals surface area contributed by atoms with Gasteiger partial charge in [-0.25, -0.2) is 0 Å². The predicted molar refractivity (Wildman–Crippen MR) is 121 cm³/mol. The van der Waals surface area contributed by atoms with Crippen LogP contribution in [0.1, 0.15) is 53.6 Å². The van der Waals surface area contributed by atoms with Crippen LogP contribution in [0.5, 0.6) is 0 Å². The van der Waals surface area contributed by atoms with Crippen LogP contribution in [0.3, 0.4) is 0 Å². The van der Waals surface area contributed by atoms with Crippen LogP contribution in [0.2, 0.25) is 0 Å². The Bertz CT molecular complexity index is 903. The average molecular weight is 428 g/mol. The Hall–Kier alpha value is -2.67. The van der Waals surface area contributed by atoms with Gasteiger partial charge in [-0.3, -0.25) is 14.4 Å². The van der Waals surface area contributed by atoms with Crippen LogP contribution < -0.4 is 15.5 Å². The first-order valence-electron chi connectivity index (χ1n) is 10.4. The van der Waals surface area contributed by atoms with Gasteiger partial charge >= 0.3 is 0 Å². The molecule has 6 nitrogen and oxygen atoms in total. The summed E-state index contributed by atoms with van der Waals surface area (Å²) in [6.45, 7) is 5.84. The topological polar surface area (TPSA) is 78.5 Å². The number of rotatable bonds is 9. The molecule has 1 aromatic heterocycles. The second-order valence-corrected chi connectivity index (χ2v) is 9.09. The molecule has 2 heterocycles. The maximum Gasteiger partial charge on any atom is 0.226 e. The Morgan fingerprint density at radius 3 is 2.53 bits per heavy atom. The van der Waals surface area contributed by atoms with Crippen LogP contribution >= 0.6 is 11.3 Å². The first-order valence-corrected chi connectivity index (χ1v) is 11.3. The summed E-state index contributed by atoms with van der Waals surface area (Å²) in [6, 6.07) is 11.3. The largest absolute Gasteiger partial charge is 0.371 e. The van der Waals surface area contributed by atoms with Gasteiger partial charge < -0.3 is 15.5 Å². The summed E-state index contributed by atoms with van der Waals surface area (Å²) >= 11 is 1.44. The van der Waals surface area contributed by atoms with Crippen LogP contribution in [0.25, 0.3) is 0 Å². The smallest absolute Gasteiger partial charge is 0.226 e. The van der Waals surface area contributed by atoms with E-state index in [1.807, 2.05) is 31.2 Å². The molecule has 0 spiro atoms. The number of aryl methyl sites for hydroxylation is 1. The number of hydrogen-bond acceptors (Lipinski definition) is 5. The van der Waals surface area contributed by atoms with Gasteiger partial charge in [0.2, 0.25) is 11.8 Å². The third-order valence-electron chi connectivity index (χ3n) is 5.09. The van der Waals surface area contributed by atoms with Crippen LogP contribution in [-0.2, 0) is 9.59 Å². The summed E-state index contributed by atoms with van der Waals surface area (Å²) in [5, 5.41) is 5.72. The SMILES string of the molecule is Cc1ccc(C(=O)CCC(=O)NC(C)CC(=O)Nc2cccc(N3CCCC3)c2)s1. The molecule has 1 aliphatic rings. The minimum Gasteiger partial charge on any atom is -0.371 e. The monoisotopic (exact) mass is 427 g/mol. The third kappa shape index (κ3) is 6.42. The van der Waals surface area contributed by atoms with Crippen molar-refractivity contribution in [1.29, 1.82) is 0 Å². The van der Waals surface area contributed by atoms with E-state index in [1.54, 1.807) is 13.0 Å². The van der Waals surface area contributed by atoms with Crippen molar-refractivity contribution in [1.82, 2.24) is 5.32 Å². The maximum absolute atomic E-state index is 12.4. The normalized spacial score (nSPS) is 14.4. The molecule has 2 aromatic rings. The van der Waals surface area contributed by atoms with Crippen molar-refractivity contribution in [2.45, 2.75) is 52.0 Å². The van der Waals surface area contributed by atoms with E-state index in [0.29, 0.717) is 4.88 Å². The van der Waals surface area contributed by atoms with Crippen LogP contribution in [-0.4, -0.2) is 36.7 Å². The van der Waals surface area contributed by atoms with Gasteiger partial charge in [0.05, 0.1) is 4.88 Å². The van der Waals surface area contributed by atoms with Crippen molar-refractivity contribution in [2.75, 3.05) is 23.3 Å². The lowest BCUT2D eigenvalue weighted by Gasteiger charge is -2.19. The molecule has 7 heteroatoms. The highest BCUT2D eigenvalue weighted by Gasteiger charge is 2.16. The highest BCUT2D eigenvalue weighted by Crippen LogP contribution is 2.23. The van der Waals surface area contributed by atoms with E-state index in [0.717, 1.165) is 29.3 Å². The van der Waals surface area contributed by atoms with E-state index in [-0.39, 0.29) is 42.9 Å². The molecule has 0 radical (unpaired) electrons. The van der Waals surface area contributed by atoms with E-state index >= 15 is 0 Å². The molecule has 0 bridgehead atoms.